The van der Waals surface area contributed by atoms with Gasteiger partial charge in [-0.15, -0.1) is 0 Å². The van der Waals surface area contributed by atoms with Crippen molar-refractivity contribution in [1.29, 1.82) is 0 Å². The minimum atomic E-state index is 0.137. The predicted molar refractivity (Wildman–Crippen MR) is 96.5 cm³/mol. The maximum atomic E-state index is 12.5. The molecule has 0 aromatic heterocycles. The number of hydrogen-bond acceptors (Lipinski definition) is 3. The van der Waals surface area contributed by atoms with Gasteiger partial charge in [0.15, 0.2) is 0 Å². The highest BCUT2D eigenvalue weighted by Crippen LogP contribution is 2.24. The summed E-state index contributed by atoms with van der Waals surface area (Å²) in [5.74, 6) is 0.957. The van der Waals surface area contributed by atoms with Crippen LogP contribution >= 0.6 is 0 Å². The predicted octanol–water partition coefficient (Wildman–Crippen LogP) is 3.42. The van der Waals surface area contributed by atoms with Crippen LogP contribution in [-0.4, -0.2) is 54.5 Å². The van der Waals surface area contributed by atoms with Crippen LogP contribution in [0.3, 0.4) is 0 Å². The molecule has 0 N–H and O–H groups in total. The summed E-state index contributed by atoms with van der Waals surface area (Å²) in [5.41, 5.74) is 1.13. The third kappa shape index (κ3) is 4.50. The molecule has 2 aliphatic heterocycles. The Balaban J connectivity index is 1.48. The Morgan fingerprint density at radius 2 is 1.92 bits per heavy atom. The Morgan fingerprint density at radius 1 is 1.21 bits per heavy atom. The molecule has 2 fully saturated rings. The first kappa shape index (κ1) is 17.3. The molecule has 2 heterocycles. The first-order chi connectivity index (χ1) is 11.4. The minimum absolute atomic E-state index is 0.137. The molecule has 0 saturated carbocycles. The van der Waals surface area contributed by atoms with E-state index in [0.29, 0.717) is 5.41 Å². The van der Waals surface area contributed by atoms with Crippen molar-refractivity contribution in [2.75, 3.05) is 32.7 Å². The van der Waals surface area contributed by atoms with Crippen LogP contribution in [0, 0.1) is 5.41 Å². The van der Waals surface area contributed by atoms with E-state index in [9.17, 15) is 4.79 Å². The van der Waals surface area contributed by atoms with E-state index in [1.807, 2.05) is 29.2 Å². The highest BCUT2D eigenvalue weighted by Gasteiger charge is 2.29. The van der Waals surface area contributed by atoms with Gasteiger partial charge in [0.1, 0.15) is 11.9 Å². The minimum Gasteiger partial charge on any atom is -0.488 e. The van der Waals surface area contributed by atoms with Crippen molar-refractivity contribution in [1.82, 2.24) is 9.80 Å². The summed E-state index contributed by atoms with van der Waals surface area (Å²) in [6.07, 6.45) is 3.70. The molecule has 0 atom stereocenters. The Hall–Kier alpha value is -1.55. The molecule has 2 saturated heterocycles. The van der Waals surface area contributed by atoms with Crippen LogP contribution in [0.2, 0.25) is 0 Å². The molecule has 0 bridgehead atoms. The normalized spacial score (nSPS) is 19.4. The van der Waals surface area contributed by atoms with Crippen molar-refractivity contribution in [3.05, 3.63) is 29.8 Å². The molecule has 132 valence electrons. The number of likely N-dealkylation sites (tertiary alicyclic amines) is 2. The zero-order valence-electron chi connectivity index (χ0n) is 15.3. The van der Waals surface area contributed by atoms with Gasteiger partial charge in [-0.1, -0.05) is 26.8 Å². The number of carbonyl (C=O) groups excluding carboxylic acids is 1. The Bertz CT molecular complexity index is 567. The molecule has 0 aliphatic carbocycles. The summed E-state index contributed by atoms with van der Waals surface area (Å²) in [6, 6.07) is 7.68. The topological polar surface area (TPSA) is 32.8 Å². The molecule has 0 unspecified atom stereocenters. The first-order valence-corrected chi connectivity index (χ1v) is 9.19. The van der Waals surface area contributed by atoms with E-state index in [1.165, 1.54) is 6.42 Å². The molecule has 4 heteroatoms. The van der Waals surface area contributed by atoms with Crippen LogP contribution < -0.4 is 4.74 Å². The second-order valence-corrected chi connectivity index (χ2v) is 8.34. The molecule has 24 heavy (non-hydrogen) atoms. The highest BCUT2D eigenvalue weighted by atomic mass is 16.5. The van der Waals surface area contributed by atoms with Crippen LogP contribution in [0.1, 0.15) is 50.4 Å². The lowest BCUT2D eigenvalue weighted by Crippen LogP contribution is -2.54. The quantitative estimate of drug-likeness (QED) is 0.829. The summed E-state index contributed by atoms with van der Waals surface area (Å²) in [4.78, 5) is 16.8. The molecular weight excluding hydrogens is 300 g/mol. The van der Waals surface area contributed by atoms with Crippen LogP contribution in [0.4, 0.5) is 0 Å². The van der Waals surface area contributed by atoms with Crippen molar-refractivity contribution < 1.29 is 9.53 Å². The van der Waals surface area contributed by atoms with Crippen LogP contribution in [-0.2, 0) is 0 Å². The van der Waals surface area contributed by atoms with E-state index in [4.69, 9.17) is 4.74 Å². The van der Waals surface area contributed by atoms with Gasteiger partial charge in [0, 0.05) is 31.7 Å². The van der Waals surface area contributed by atoms with Crippen molar-refractivity contribution in [3.8, 4) is 5.75 Å². The SMILES string of the molecule is CC(C)(C)CCN1CC(Oc2cccc(C(=O)N3CCCC3)c2)C1. The summed E-state index contributed by atoms with van der Waals surface area (Å²) < 4.78 is 6.05. The maximum absolute atomic E-state index is 12.5. The van der Waals surface area contributed by atoms with E-state index in [-0.39, 0.29) is 12.0 Å². The first-order valence-electron chi connectivity index (χ1n) is 9.19. The number of hydrogen-bond donors (Lipinski definition) is 0. The molecule has 1 aromatic rings. The van der Waals surface area contributed by atoms with Gasteiger partial charge in [0.25, 0.3) is 5.91 Å². The van der Waals surface area contributed by atoms with Crippen molar-refractivity contribution in [2.24, 2.45) is 5.41 Å². The van der Waals surface area contributed by atoms with Gasteiger partial charge in [-0.2, -0.15) is 0 Å². The van der Waals surface area contributed by atoms with Gasteiger partial charge >= 0.3 is 0 Å². The molecule has 0 spiro atoms. The average molecular weight is 330 g/mol. The van der Waals surface area contributed by atoms with E-state index in [1.54, 1.807) is 0 Å². The van der Waals surface area contributed by atoms with Crippen LogP contribution in [0.25, 0.3) is 0 Å². The van der Waals surface area contributed by atoms with Gasteiger partial charge < -0.3 is 9.64 Å². The molecule has 1 amide bonds. The summed E-state index contributed by atoms with van der Waals surface area (Å²) in [7, 11) is 0. The lowest BCUT2D eigenvalue weighted by Gasteiger charge is -2.40. The smallest absolute Gasteiger partial charge is 0.253 e. The highest BCUT2D eigenvalue weighted by molar-refractivity contribution is 5.94. The molecule has 2 aliphatic rings. The van der Waals surface area contributed by atoms with E-state index >= 15 is 0 Å². The Kier molecular flexibility index (Phi) is 5.14. The van der Waals surface area contributed by atoms with E-state index in [0.717, 1.165) is 56.9 Å². The summed E-state index contributed by atoms with van der Waals surface area (Å²) >= 11 is 0. The molecule has 1 aromatic carbocycles. The molecular formula is C20H30N2O2. The number of ether oxygens (including phenoxy) is 1. The van der Waals surface area contributed by atoms with Gasteiger partial charge in [-0.05, 0) is 49.4 Å². The molecule has 0 radical (unpaired) electrons. The van der Waals surface area contributed by atoms with Crippen LogP contribution in [0.5, 0.6) is 5.75 Å². The zero-order chi connectivity index (χ0) is 17.2. The lowest BCUT2D eigenvalue weighted by molar-refractivity contribution is 0.0140. The average Bonchev–Trinajstić information content (AvgIpc) is 3.02. The second kappa shape index (κ2) is 7.14. The molecule has 3 rings (SSSR count). The largest absolute Gasteiger partial charge is 0.488 e. The van der Waals surface area contributed by atoms with Gasteiger partial charge in [-0.25, -0.2) is 0 Å². The summed E-state index contributed by atoms with van der Waals surface area (Å²) in [6.45, 7) is 11.7. The maximum Gasteiger partial charge on any atom is 0.253 e. The number of nitrogens with zero attached hydrogens (tertiary/aromatic N) is 2. The third-order valence-corrected chi connectivity index (χ3v) is 4.88. The van der Waals surface area contributed by atoms with Crippen molar-refractivity contribution in [2.45, 2.75) is 46.1 Å². The third-order valence-electron chi connectivity index (χ3n) is 4.88. The number of rotatable bonds is 5. The fourth-order valence-corrected chi connectivity index (χ4v) is 3.27. The Morgan fingerprint density at radius 3 is 2.58 bits per heavy atom. The zero-order valence-corrected chi connectivity index (χ0v) is 15.3. The molecule has 4 nitrogen and oxygen atoms in total. The summed E-state index contributed by atoms with van der Waals surface area (Å²) in [5, 5.41) is 0. The second-order valence-electron chi connectivity index (χ2n) is 8.34. The standard InChI is InChI=1S/C20H30N2O2/c1-20(2,3)9-12-21-14-18(15-21)24-17-8-6-7-16(13-17)19(23)22-10-4-5-11-22/h6-8,13,18H,4-5,9-12,14-15H2,1-3H3. The van der Waals surface area contributed by atoms with Gasteiger partial charge in [0.05, 0.1) is 0 Å². The van der Waals surface area contributed by atoms with Crippen molar-refractivity contribution >= 4 is 5.91 Å². The fraction of sp³-hybridized carbons (Fsp3) is 0.650. The van der Waals surface area contributed by atoms with E-state index < -0.39 is 0 Å². The monoisotopic (exact) mass is 330 g/mol. The van der Waals surface area contributed by atoms with Gasteiger partial charge in [0.2, 0.25) is 0 Å². The lowest BCUT2D eigenvalue weighted by atomic mass is 9.91. The fourth-order valence-electron chi connectivity index (χ4n) is 3.27. The number of amides is 1. The number of carbonyl (C=O) groups is 1. The van der Waals surface area contributed by atoms with Crippen LogP contribution in [0.15, 0.2) is 24.3 Å². The number of benzene rings is 1. The van der Waals surface area contributed by atoms with Gasteiger partial charge in [-0.3, -0.25) is 9.69 Å². The van der Waals surface area contributed by atoms with Crippen molar-refractivity contribution in [3.63, 3.8) is 0 Å². The Labute approximate surface area is 145 Å². The van der Waals surface area contributed by atoms with E-state index in [2.05, 4.69) is 25.7 Å².